The van der Waals surface area contributed by atoms with E-state index in [1.54, 1.807) is 35.8 Å². The van der Waals surface area contributed by atoms with Crippen molar-refractivity contribution in [2.75, 3.05) is 0 Å². The molecule has 0 atom stereocenters. The highest BCUT2D eigenvalue weighted by Crippen LogP contribution is 2.24. The van der Waals surface area contributed by atoms with Gasteiger partial charge in [0.05, 0.1) is 10.4 Å². The van der Waals surface area contributed by atoms with Crippen molar-refractivity contribution in [1.82, 2.24) is 4.98 Å². The van der Waals surface area contributed by atoms with E-state index in [0.717, 1.165) is 4.88 Å². The number of ether oxygens (including phenoxy) is 1. The highest BCUT2D eigenvalue weighted by molar-refractivity contribution is 7.13. The zero-order chi connectivity index (χ0) is 13.8. The fraction of sp³-hybridized carbons (Fsp3) is 0.0667. The van der Waals surface area contributed by atoms with Crippen LogP contribution in [0.1, 0.15) is 11.3 Å². The monoisotopic (exact) mass is 282 g/mol. The average molecular weight is 282 g/mol. The summed E-state index contributed by atoms with van der Waals surface area (Å²) in [7, 11) is 0. The van der Waals surface area contributed by atoms with Gasteiger partial charge in [-0.1, -0.05) is 18.2 Å². The van der Waals surface area contributed by atoms with Gasteiger partial charge in [0.1, 0.15) is 30.4 Å². The van der Waals surface area contributed by atoms with Crippen LogP contribution >= 0.6 is 11.3 Å². The van der Waals surface area contributed by atoms with Crippen molar-refractivity contribution in [2.24, 2.45) is 0 Å². The Labute approximate surface area is 119 Å². The van der Waals surface area contributed by atoms with Gasteiger partial charge in [0.15, 0.2) is 0 Å². The first kappa shape index (κ1) is 12.5. The maximum absolute atomic E-state index is 8.98. The first-order chi connectivity index (χ1) is 9.86. The lowest BCUT2D eigenvalue weighted by atomic mass is 10.2. The molecule has 0 amide bonds. The largest absolute Gasteiger partial charge is 0.486 e. The van der Waals surface area contributed by atoms with Gasteiger partial charge in [0, 0.05) is 0 Å². The molecule has 0 bridgehead atoms. The number of oxazole rings is 1. The Morgan fingerprint density at radius 2 is 2.15 bits per heavy atom. The van der Waals surface area contributed by atoms with Crippen molar-refractivity contribution in [3.63, 3.8) is 0 Å². The number of nitriles is 1. The Hall–Kier alpha value is -2.58. The van der Waals surface area contributed by atoms with Gasteiger partial charge in [-0.05, 0) is 23.6 Å². The molecule has 20 heavy (non-hydrogen) atoms. The lowest BCUT2D eigenvalue weighted by molar-refractivity contribution is 0.300. The SMILES string of the molecule is N#Cc1ccccc1OCc1coc(-c2cccs2)n1. The molecular weight excluding hydrogens is 272 g/mol. The fourth-order valence-electron chi connectivity index (χ4n) is 1.72. The average Bonchev–Trinajstić information content (AvgIpc) is 3.16. The van der Waals surface area contributed by atoms with Crippen molar-refractivity contribution in [3.05, 3.63) is 59.3 Å². The predicted octanol–water partition coefficient (Wildman–Crippen LogP) is 3.85. The number of hydrogen-bond donors (Lipinski definition) is 0. The molecule has 0 unspecified atom stereocenters. The molecule has 2 aromatic heterocycles. The summed E-state index contributed by atoms with van der Waals surface area (Å²) in [6.07, 6.45) is 1.57. The summed E-state index contributed by atoms with van der Waals surface area (Å²) in [5, 5.41) is 11.0. The van der Waals surface area contributed by atoms with Crippen molar-refractivity contribution in [2.45, 2.75) is 6.61 Å². The molecule has 98 valence electrons. The zero-order valence-corrected chi connectivity index (χ0v) is 11.3. The summed E-state index contributed by atoms with van der Waals surface area (Å²) in [5.74, 6) is 1.14. The summed E-state index contributed by atoms with van der Waals surface area (Å²) in [6, 6.07) is 13.1. The normalized spacial score (nSPS) is 10.2. The Morgan fingerprint density at radius 3 is 2.95 bits per heavy atom. The van der Waals surface area contributed by atoms with Gasteiger partial charge in [-0.2, -0.15) is 5.26 Å². The summed E-state index contributed by atoms with van der Waals surface area (Å²) in [5.41, 5.74) is 1.20. The molecule has 0 fully saturated rings. The number of nitrogens with zero attached hydrogens (tertiary/aromatic N) is 2. The summed E-state index contributed by atoms with van der Waals surface area (Å²) < 4.78 is 11.0. The van der Waals surface area contributed by atoms with Crippen molar-refractivity contribution >= 4 is 11.3 Å². The van der Waals surface area contributed by atoms with Gasteiger partial charge in [-0.3, -0.25) is 0 Å². The molecule has 0 aliphatic heterocycles. The van der Waals surface area contributed by atoms with Crippen LogP contribution in [0.5, 0.6) is 5.75 Å². The quantitative estimate of drug-likeness (QED) is 0.729. The molecule has 3 aromatic rings. The van der Waals surface area contributed by atoms with Crippen LogP contribution in [-0.4, -0.2) is 4.98 Å². The second-order valence-corrected chi connectivity index (χ2v) is 4.97. The number of thiophene rings is 1. The first-order valence-corrected chi connectivity index (χ1v) is 6.85. The van der Waals surface area contributed by atoms with Gasteiger partial charge >= 0.3 is 0 Å². The molecule has 2 heterocycles. The molecule has 0 N–H and O–H groups in total. The summed E-state index contributed by atoms with van der Waals surface area (Å²) in [6.45, 7) is 0.271. The molecule has 1 aromatic carbocycles. The minimum Gasteiger partial charge on any atom is -0.486 e. The van der Waals surface area contributed by atoms with Gasteiger partial charge < -0.3 is 9.15 Å². The number of aromatic nitrogens is 1. The van der Waals surface area contributed by atoms with E-state index in [1.165, 1.54) is 0 Å². The highest BCUT2D eigenvalue weighted by Gasteiger charge is 2.09. The van der Waals surface area contributed by atoms with Crippen LogP contribution in [0.15, 0.2) is 52.5 Å². The topological polar surface area (TPSA) is 59.0 Å². The maximum atomic E-state index is 8.98. The molecule has 4 nitrogen and oxygen atoms in total. The molecule has 0 saturated heterocycles. The Bertz CT molecular complexity index is 741. The second-order valence-electron chi connectivity index (χ2n) is 4.02. The van der Waals surface area contributed by atoms with Crippen LogP contribution in [0.2, 0.25) is 0 Å². The zero-order valence-electron chi connectivity index (χ0n) is 10.4. The van der Waals surface area contributed by atoms with Gasteiger partial charge in [-0.25, -0.2) is 4.98 Å². The minimum atomic E-state index is 0.271. The van der Waals surface area contributed by atoms with Crippen molar-refractivity contribution in [1.29, 1.82) is 5.26 Å². The van der Waals surface area contributed by atoms with E-state index in [9.17, 15) is 0 Å². The third kappa shape index (κ3) is 2.56. The lowest BCUT2D eigenvalue weighted by Crippen LogP contribution is -1.97. The van der Waals surface area contributed by atoms with Crippen LogP contribution in [0, 0.1) is 11.3 Å². The van der Waals surface area contributed by atoms with E-state index in [0.29, 0.717) is 22.9 Å². The van der Waals surface area contributed by atoms with Crippen molar-refractivity contribution < 1.29 is 9.15 Å². The predicted molar refractivity (Wildman–Crippen MR) is 75.3 cm³/mol. The van der Waals surface area contributed by atoms with Crippen LogP contribution in [0.4, 0.5) is 0 Å². The lowest BCUT2D eigenvalue weighted by Gasteiger charge is -2.04. The Morgan fingerprint density at radius 1 is 1.25 bits per heavy atom. The van der Waals surface area contributed by atoms with Crippen LogP contribution in [0.25, 0.3) is 10.8 Å². The summed E-state index contributed by atoms with van der Waals surface area (Å²) in [4.78, 5) is 5.34. The van der Waals surface area contributed by atoms with Crippen molar-refractivity contribution in [3.8, 4) is 22.6 Å². The highest BCUT2D eigenvalue weighted by atomic mass is 32.1. The number of rotatable bonds is 4. The summed E-state index contributed by atoms with van der Waals surface area (Å²) >= 11 is 1.57. The second kappa shape index (κ2) is 5.59. The van der Waals surface area contributed by atoms with Gasteiger partial charge in [0.25, 0.3) is 0 Å². The van der Waals surface area contributed by atoms with E-state index in [2.05, 4.69) is 11.1 Å². The molecule has 0 aliphatic rings. The van der Waals surface area contributed by atoms with Gasteiger partial charge in [-0.15, -0.1) is 11.3 Å². The van der Waals surface area contributed by atoms with Crippen LogP contribution < -0.4 is 4.74 Å². The fourth-order valence-corrected chi connectivity index (χ4v) is 2.38. The number of benzene rings is 1. The van der Waals surface area contributed by atoms with E-state index in [-0.39, 0.29) is 6.61 Å². The third-order valence-corrected chi connectivity index (χ3v) is 3.52. The van der Waals surface area contributed by atoms with E-state index < -0.39 is 0 Å². The molecule has 5 heteroatoms. The molecule has 0 aliphatic carbocycles. The third-order valence-electron chi connectivity index (χ3n) is 2.67. The van der Waals surface area contributed by atoms with Crippen LogP contribution in [0.3, 0.4) is 0 Å². The maximum Gasteiger partial charge on any atom is 0.236 e. The molecular formula is C15H10N2O2S. The molecule has 0 radical (unpaired) electrons. The van der Waals surface area contributed by atoms with E-state index >= 15 is 0 Å². The molecule has 3 rings (SSSR count). The standard InChI is InChI=1S/C15H10N2O2S/c16-8-11-4-1-2-5-13(11)18-9-12-10-19-15(17-12)14-6-3-7-20-14/h1-7,10H,9H2. The van der Waals surface area contributed by atoms with E-state index in [1.807, 2.05) is 23.6 Å². The Balaban J connectivity index is 1.72. The van der Waals surface area contributed by atoms with E-state index in [4.69, 9.17) is 14.4 Å². The first-order valence-electron chi connectivity index (χ1n) is 5.97. The number of hydrogen-bond acceptors (Lipinski definition) is 5. The number of para-hydroxylation sites is 1. The minimum absolute atomic E-state index is 0.271. The Kier molecular flexibility index (Phi) is 3.48. The smallest absolute Gasteiger partial charge is 0.236 e. The van der Waals surface area contributed by atoms with Gasteiger partial charge in [0.2, 0.25) is 5.89 Å². The molecule has 0 saturated carbocycles. The molecule has 0 spiro atoms. The van der Waals surface area contributed by atoms with Crippen LogP contribution in [-0.2, 0) is 6.61 Å².